The first-order valence-corrected chi connectivity index (χ1v) is 7.73. The van der Waals surface area contributed by atoms with E-state index in [1.54, 1.807) is 12.4 Å². The van der Waals surface area contributed by atoms with Gasteiger partial charge in [0.05, 0.1) is 13.7 Å². The van der Waals surface area contributed by atoms with Gasteiger partial charge in [-0.05, 0) is 19.3 Å². The van der Waals surface area contributed by atoms with Crippen LogP contribution in [0.15, 0.2) is 24.5 Å². The third-order valence-corrected chi connectivity index (χ3v) is 4.18. The molecule has 1 aliphatic carbocycles. The number of carbonyl (C=O) groups excluding carboxylic acids is 1. The van der Waals surface area contributed by atoms with Crippen LogP contribution in [0.4, 0.5) is 0 Å². The number of amides is 1. The van der Waals surface area contributed by atoms with Gasteiger partial charge in [0.2, 0.25) is 5.91 Å². The molecule has 1 saturated heterocycles. The number of ether oxygens (including phenoxy) is 2. The van der Waals surface area contributed by atoms with Crippen LogP contribution in [-0.2, 0) is 4.79 Å². The highest BCUT2D eigenvalue weighted by molar-refractivity contribution is 5.79. The molecule has 3 rings (SSSR count). The highest BCUT2D eigenvalue weighted by Crippen LogP contribution is 2.26. The van der Waals surface area contributed by atoms with Gasteiger partial charge in [0.15, 0.2) is 0 Å². The van der Waals surface area contributed by atoms with Gasteiger partial charge in [0.1, 0.15) is 6.10 Å². The largest absolute Gasteiger partial charge is 0.477 e. The Kier molecular flexibility index (Phi) is 4.56. The predicted octanol–water partition coefficient (Wildman–Crippen LogP) is 1.82. The fraction of sp³-hybridized carbons (Fsp3) is 0.562. The van der Waals surface area contributed by atoms with Crippen LogP contribution in [0.1, 0.15) is 25.7 Å². The molecule has 0 N–H and O–H groups in total. The maximum Gasteiger partial charge on any atom is 0.278 e. The fourth-order valence-corrected chi connectivity index (χ4v) is 2.99. The summed E-state index contributed by atoms with van der Waals surface area (Å²) in [5, 5.41) is 0. The molecule has 0 radical (unpaired) electrons. The molecule has 2 aliphatic rings. The van der Waals surface area contributed by atoms with E-state index >= 15 is 0 Å². The number of methoxy groups -OCH3 is 1. The summed E-state index contributed by atoms with van der Waals surface area (Å²) in [6.07, 6.45) is 11.0. The van der Waals surface area contributed by atoms with Crippen LogP contribution in [0.2, 0.25) is 0 Å². The average molecular weight is 303 g/mol. The summed E-state index contributed by atoms with van der Waals surface area (Å²) >= 11 is 0. The summed E-state index contributed by atoms with van der Waals surface area (Å²) in [5.74, 6) is 1.16. The first-order chi connectivity index (χ1) is 10.8. The number of hydrogen-bond donors (Lipinski definition) is 0. The average Bonchev–Trinajstić information content (AvgIpc) is 3.04. The smallest absolute Gasteiger partial charge is 0.278 e. The summed E-state index contributed by atoms with van der Waals surface area (Å²) in [4.78, 5) is 22.6. The van der Waals surface area contributed by atoms with Crippen LogP contribution >= 0.6 is 0 Å². The highest BCUT2D eigenvalue weighted by Gasteiger charge is 2.32. The Morgan fingerprint density at radius 1 is 1.23 bits per heavy atom. The third kappa shape index (κ3) is 3.21. The van der Waals surface area contributed by atoms with Crippen molar-refractivity contribution in [1.82, 2.24) is 14.9 Å². The molecule has 0 bridgehead atoms. The van der Waals surface area contributed by atoms with E-state index in [-0.39, 0.29) is 17.9 Å². The number of aromatic nitrogens is 2. The van der Waals surface area contributed by atoms with Crippen molar-refractivity contribution in [3.8, 4) is 11.8 Å². The zero-order chi connectivity index (χ0) is 15.4. The summed E-state index contributed by atoms with van der Waals surface area (Å²) in [6, 6.07) is 0. The second-order valence-electron chi connectivity index (χ2n) is 5.66. The second-order valence-corrected chi connectivity index (χ2v) is 5.66. The zero-order valence-corrected chi connectivity index (χ0v) is 12.8. The molecule has 6 heteroatoms. The van der Waals surface area contributed by atoms with E-state index in [9.17, 15) is 4.79 Å². The van der Waals surface area contributed by atoms with Gasteiger partial charge < -0.3 is 14.4 Å². The maximum absolute atomic E-state index is 12.5. The first-order valence-electron chi connectivity index (χ1n) is 7.73. The summed E-state index contributed by atoms with van der Waals surface area (Å²) < 4.78 is 11.0. The molecule has 0 saturated carbocycles. The molecule has 22 heavy (non-hydrogen) atoms. The van der Waals surface area contributed by atoms with Crippen LogP contribution in [0.25, 0.3) is 0 Å². The number of allylic oxidation sites excluding steroid dienone is 2. The molecule has 2 heterocycles. The molecule has 118 valence electrons. The monoisotopic (exact) mass is 303 g/mol. The lowest BCUT2D eigenvalue weighted by Crippen LogP contribution is -2.36. The normalized spacial score (nSPS) is 24.3. The summed E-state index contributed by atoms with van der Waals surface area (Å²) in [6.45, 7) is 1.35. The van der Waals surface area contributed by atoms with Crippen molar-refractivity contribution in [2.75, 3.05) is 20.2 Å². The Morgan fingerprint density at radius 3 is 2.77 bits per heavy atom. The van der Waals surface area contributed by atoms with Crippen molar-refractivity contribution < 1.29 is 14.3 Å². The number of rotatable bonds is 4. The van der Waals surface area contributed by atoms with Crippen molar-refractivity contribution in [3.05, 3.63) is 24.5 Å². The van der Waals surface area contributed by atoms with E-state index in [0.717, 1.165) is 32.2 Å². The number of likely N-dealkylation sites (tertiary alicyclic amines) is 1. The molecule has 1 amide bonds. The molecule has 1 aromatic rings. The van der Waals surface area contributed by atoms with E-state index in [4.69, 9.17) is 9.47 Å². The molecule has 0 aromatic carbocycles. The van der Waals surface area contributed by atoms with Gasteiger partial charge in [-0.15, -0.1) is 0 Å². The van der Waals surface area contributed by atoms with Crippen molar-refractivity contribution in [1.29, 1.82) is 0 Å². The molecule has 0 unspecified atom stereocenters. The molecule has 0 spiro atoms. The topological polar surface area (TPSA) is 64.6 Å². The van der Waals surface area contributed by atoms with Gasteiger partial charge in [-0.3, -0.25) is 4.79 Å². The molecular weight excluding hydrogens is 282 g/mol. The number of hydrogen-bond acceptors (Lipinski definition) is 5. The third-order valence-electron chi connectivity index (χ3n) is 4.18. The standard InChI is InChI=1S/C16H21N3O3/c1-21-14-15(18-9-8-17-14)22-13-7-10-19(11-13)16(20)12-5-3-2-4-6-12/h2-3,8-9,12-13H,4-7,10-11H2,1H3/t12-,13+/m1/s1. The van der Waals surface area contributed by atoms with Crippen molar-refractivity contribution in [2.24, 2.45) is 5.92 Å². The molecule has 1 aromatic heterocycles. The lowest BCUT2D eigenvalue weighted by Gasteiger charge is -2.24. The van der Waals surface area contributed by atoms with Gasteiger partial charge in [-0.1, -0.05) is 12.2 Å². The first kappa shape index (κ1) is 14.8. The van der Waals surface area contributed by atoms with Crippen LogP contribution in [0.3, 0.4) is 0 Å². The minimum absolute atomic E-state index is 0.0475. The second kappa shape index (κ2) is 6.77. The molecule has 1 fully saturated rings. The van der Waals surface area contributed by atoms with E-state index < -0.39 is 0 Å². The Bertz CT molecular complexity index is 561. The Labute approximate surface area is 130 Å². The van der Waals surface area contributed by atoms with Crippen LogP contribution in [0, 0.1) is 5.92 Å². The van der Waals surface area contributed by atoms with Crippen LogP contribution in [0.5, 0.6) is 11.8 Å². The predicted molar refractivity (Wildman–Crippen MR) is 80.7 cm³/mol. The Morgan fingerprint density at radius 2 is 2.05 bits per heavy atom. The van der Waals surface area contributed by atoms with E-state index in [1.165, 1.54) is 7.11 Å². The highest BCUT2D eigenvalue weighted by atomic mass is 16.5. The van der Waals surface area contributed by atoms with Crippen molar-refractivity contribution in [2.45, 2.75) is 31.8 Å². The van der Waals surface area contributed by atoms with E-state index in [0.29, 0.717) is 18.3 Å². The van der Waals surface area contributed by atoms with Crippen molar-refractivity contribution in [3.63, 3.8) is 0 Å². The van der Waals surface area contributed by atoms with E-state index in [2.05, 4.69) is 22.1 Å². The molecular formula is C16H21N3O3. The quantitative estimate of drug-likeness (QED) is 0.794. The zero-order valence-electron chi connectivity index (χ0n) is 12.8. The Hall–Kier alpha value is -2.11. The van der Waals surface area contributed by atoms with Crippen molar-refractivity contribution >= 4 is 5.91 Å². The maximum atomic E-state index is 12.5. The molecule has 2 atom stereocenters. The number of carbonyl (C=O) groups is 1. The SMILES string of the molecule is COc1nccnc1O[C@H]1CCN(C(=O)[C@@H]2CC=CCC2)C1. The summed E-state index contributed by atoms with van der Waals surface area (Å²) in [7, 11) is 1.54. The van der Waals surface area contributed by atoms with Gasteiger partial charge in [-0.25, -0.2) is 9.97 Å². The summed E-state index contributed by atoms with van der Waals surface area (Å²) in [5.41, 5.74) is 0. The van der Waals surface area contributed by atoms with Gasteiger partial charge in [-0.2, -0.15) is 0 Å². The Balaban J connectivity index is 1.58. The van der Waals surface area contributed by atoms with Crippen LogP contribution < -0.4 is 9.47 Å². The lowest BCUT2D eigenvalue weighted by atomic mass is 9.93. The fourth-order valence-electron chi connectivity index (χ4n) is 2.99. The lowest BCUT2D eigenvalue weighted by molar-refractivity contribution is -0.135. The molecule has 1 aliphatic heterocycles. The van der Waals surface area contributed by atoms with Gasteiger partial charge >= 0.3 is 0 Å². The minimum Gasteiger partial charge on any atom is -0.477 e. The molecule has 6 nitrogen and oxygen atoms in total. The minimum atomic E-state index is -0.0475. The van der Waals surface area contributed by atoms with Gasteiger partial charge in [0.25, 0.3) is 11.8 Å². The van der Waals surface area contributed by atoms with Gasteiger partial charge in [0, 0.05) is 31.3 Å². The number of nitrogens with zero attached hydrogens (tertiary/aromatic N) is 3. The van der Waals surface area contributed by atoms with E-state index in [1.807, 2.05) is 4.90 Å². The van der Waals surface area contributed by atoms with Crippen LogP contribution in [-0.4, -0.2) is 47.1 Å².